The van der Waals surface area contributed by atoms with Crippen LogP contribution in [0, 0.1) is 0 Å². The Bertz CT molecular complexity index is 513. The zero-order valence-corrected chi connectivity index (χ0v) is 12.7. The highest BCUT2D eigenvalue weighted by Gasteiger charge is 2.22. The fourth-order valence-electron chi connectivity index (χ4n) is 2.13. The molecule has 2 unspecified atom stereocenters. The van der Waals surface area contributed by atoms with Gasteiger partial charge in [-0.05, 0) is 24.6 Å². The summed E-state index contributed by atoms with van der Waals surface area (Å²) in [5.41, 5.74) is 7.46. The Kier molecular flexibility index (Phi) is 5.56. The molecule has 2 rings (SSSR count). The van der Waals surface area contributed by atoms with E-state index < -0.39 is 0 Å². The smallest absolute Gasteiger partial charge is 0.123 e. The molecule has 0 saturated carbocycles. The predicted octanol–water partition coefficient (Wildman–Crippen LogP) is 4.00. The Labute approximate surface area is 124 Å². The van der Waals surface area contributed by atoms with Crippen LogP contribution in [0.4, 0.5) is 0 Å². The summed E-state index contributed by atoms with van der Waals surface area (Å²) in [5, 5.41) is 0.196. The first-order valence-corrected chi connectivity index (χ1v) is 7.83. The highest BCUT2D eigenvalue weighted by atomic mass is 32.2. The highest BCUT2D eigenvalue weighted by Crippen LogP contribution is 2.39. The predicted molar refractivity (Wildman–Crippen MR) is 84.0 cm³/mol. The molecular weight excluding hydrogens is 270 g/mol. The van der Waals surface area contributed by atoms with E-state index in [0.29, 0.717) is 0 Å². The number of para-hydroxylation sites is 1. The van der Waals surface area contributed by atoms with Gasteiger partial charge in [0.15, 0.2) is 0 Å². The van der Waals surface area contributed by atoms with Crippen molar-refractivity contribution in [1.82, 2.24) is 0 Å². The number of rotatable bonds is 7. The van der Waals surface area contributed by atoms with Crippen LogP contribution < -0.4 is 10.5 Å². The highest BCUT2D eigenvalue weighted by molar-refractivity contribution is 7.98. The van der Waals surface area contributed by atoms with E-state index in [2.05, 4.69) is 13.0 Å². The van der Waals surface area contributed by atoms with Crippen molar-refractivity contribution in [3.63, 3.8) is 0 Å². The lowest BCUT2D eigenvalue weighted by atomic mass is 10.0. The van der Waals surface area contributed by atoms with Crippen LogP contribution in [0.3, 0.4) is 0 Å². The van der Waals surface area contributed by atoms with Crippen LogP contribution >= 0.6 is 11.8 Å². The Morgan fingerprint density at radius 1 is 1.25 bits per heavy atom. The third-order valence-electron chi connectivity index (χ3n) is 3.29. The lowest BCUT2D eigenvalue weighted by molar-refractivity contribution is 0.407. The fraction of sp³-hybridized carbons (Fsp3) is 0.375. The zero-order chi connectivity index (χ0) is 14.4. The van der Waals surface area contributed by atoms with Crippen molar-refractivity contribution in [3.05, 3.63) is 54.0 Å². The molecule has 4 heteroatoms. The number of ether oxygens (including phenoxy) is 1. The maximum atomic E-state index is 6.31. The molecule has 2 aromatic rings. The van der Waals surface area contributed by atoms with Crippen molar-refractivity contribution >= 4 is 11.8 Å². The van der Waals surface area contributed by atoms with Gasteiger partial charge in [0.25, 0.3) is 0 Å². The number of benzene rings is 1. The average Bonchev–Trinajstić information content (AvgIpc) is 3.01. The van der Waals surface area contributed by atoms with Gasteiger partial charge in [0.1, 0.15) is 11.5 Å². The van der Waals surface area contributed by atoms with Crippen LogP contribution in [-0.2, 0) is 5.75 Å². The summed E-state index contributed by atoms with van der Waals surface area (Å²) in [5.74, 6) is 2.68. The molecule has 20 heavy (non-hydrogen) atoms. The van der Waals surface area contributed by atoms with Gasteiger partial charge < -0.3 is 14.9 Å². The van der Waals surface area contributed by atoms with Gasteiger partial charge in [0.05, 0.1) is 19.1 Å². The van der Waals surface area contributed by atoms with E-state index >= 15 is 0 Å². The molecule has 1 aromatic heterocycles. The van der Waals surface area contributed by atoms with Gasteiger partial charge in [-0.25, -0.2) is 0 Å². The SMILES string of the molecule is CCC(N)C(SCc1ccco1)c1ccccc1OC. The summed E-state index contributed by atoms with van der Waals surface area (Å²) < 4.78 is 10.9. The zero-order valence-electron chi connectivity index (χ0n) is 11.9. The molecule has 108 valence electrons. The van der Waals surface area contributed by atoms with Gasteiger partial charge in [0.2, 0.25) is 0 Å². The minimum atomic E-state index is 0.0891. The average molecular weight is 291 g/mol. The van der Waals surface area contributed by atoms with Crippen molar-refractivity contribution < 1.29 is 9.15 Å². The Hall–Kier alpha value is -1.39. The lowest BCUT2D eigenvalue weighted by Crippen LogP contribution is -2.26. The first-order chi connectivity index (χ1) is 9.76. The molecule has 2 atom stereocenters. The second-order valence-corrected chi connectivity index (χ2v) is 5.75. The summed E-state index contributed by atoms with van der Waals surface area (Å²) in [7, 11) is 1.70. The topological polar surface area (TPSA) is 48.4 Å². The molecule has 0 aliphatic rings. The number of thioether (sulfide) groups is 1. The van der Waals surface area contributed by atoms with E-state index in [9.17, 15) is 0 Å². The molecule has 0 fully saturated rings. The van der Waals surface area contributed by atoms with E-state index in [1.165, 1.54) is 0 Å². The van der Waals surface area contributed by atoms with Crippen molar-refractivity contribution in [1.29, 1.82) is 0 Å². The molecule has 0 aliphatic carbocycles. The van der Waals surface area contributed by atoms with E-state index in [1.54, 1.807) is 25.1 Å². The quantitative estimate of drug-likeness (QED) is 0.837. The van der Waals surface area contributed by atoms with Gasteiger partial charge in [-0.3, -0.25) is 0 Å². The number of nitrogens with two attached hydrogens (primary N) is 1. The third kappa shape index (κ3) is 3.58. The molecule has 0 radical (unpaired) electrons. The normalized spacial score (nSPS) is 13.9. The van der Waals surface area contributed by atoms with Crippen LogP contribution in [0.25, 0.3) is 0 Å². The largest absolute Gasteiger partial charge is 0.496 e. The van der Waals surface area contributed by atoms with Gasteiger partial charge in [-0.1, -0.05) is 25.1 Å². The Morgan fingerprint density at radius 3 is 2.70 bits per heavy atom. The fourth-order valence-corrected chi connectivity index (χ4v) is 3.45. The molecule has 0 bridgehead atoms. The molecule has 1 heterocycles. The summed E-state index contributed by atoms with van der Waals surface area (Å²) in [4.78, 5) is 0. The monoisotopic (exact) mass is 291 g/mol. The van der Waals surface area contributed by atoms with Gasteiger partial charge in [-0.15, -0.1) is 11.8 Å². The standard InChI is InChI=1S/C16H21NO2S/c1-3-14(17)16(20-11-12-7-6-10-19-12)13-8-4-5-9-15(13)18-2/h4-10,14,16H,3,11,17H2,1-2H3. The van der Waals surface area contributed by atoms with Crippen LogP contribution in [0.5, 0.6) is 5.75 Å². The van der Waals surface area contributed by atoms with Gasteiger partial charge in [0, 0.05) is 16.9 Å². The molecule has 2 N–H and O–H groups in total. The number of furan rings is 1. The number of methoxy groups -OCH3 is 1. The molecular formula is C16H21NO2S. The molecule has 1 aromatic carbocycles. The molecule has 0 amide bonds. The van der Waals surface area contributed by atoms with Gasteiger partial charge in [-0.2, -0.15) is 0 Å². The molecule has 0 spiro atoms. The maximum absolute atomic E-state index is 6.31. The van der Waals surface area contributed by atoms with Crippen LogP contribution in [0.1, 0.15) is 29.9 Å². The van der Waals surface area contributed by atoms with Crippen molar-refractivity contribution in [2.75, 3.05) is 7.11 Å². The Balaban J connectivity index is 2.18. The minimum absolute atomic E-state index is 0.0891. The number of hydrogen-bond donors (Lipinski definition) is 1. The first kappa shape index (κ1) is 15.0. The molecule has 0 aliphatic heterocycles. The van der Waals surface area contributed by atoms with Crippen molar-refractivity contribution in [2.24, 2.45) is 5.73 Å². The van der Waals surface area contributed by atoms with E-state index in [0.717, 1.165) is 29.2 Å². The Morgan fingerprint density at radius 2 is 2.05 bits per heavy atom. The summed E-state index contributed by atoms with van der Waals surface area (Å²) in [6.45, 7) is 2.11. The van der Waals surface area contributed by atoms with Crippen LogP contribution in [-0.4, -0.2) is 13.2 Å². The van der Waals surface area contributed by atoms with Crippen molar-refractivity contribution in [2.45, 2.75) is 30.4 Å². The van der Waals surface area contributed by atoms with E-state index in [4.69, 9.17) is 14.9 Å². The second kappa shape index (κ2) is 7.41. The number of hydrogen-bond acceptors (Lipinski definition) is 4. The van der Waals surface area contributed by atoms with E-state index in [1.807, 2.05) is 30.3 Å². The van der Waals surface area contributed by atoms with Crippen LogP contribution in [0.15, 0.2) is 47.1 Å². The van der Waals surface area contributed by atoms with E-state index in [-0.39, 0.29) is 11.3 Å². The second-order valence-electron chi connectivity index (χ2n) is 4.63. The molecule has 3 nitrogen and oxygen atoms in total. The minimum Gasteiger partial charge on any atom is -0.496 e. The first-order valence-electron chi connectivity index (χ1n) is 6.78. The van der Waals surface area contributed by atoms with Gasteiger partial charge >= 0.3 is 0 Å². The summed E-state index contributed by atoms with van der Waals surface area (Å²) >= 11 is 1.80. The summed E-state index contributed by atoms with van der Waals surface area (Å²) in [6.07, 6.45) is 2.63. The third-order valence-corrected chi connectivity index (χ3v) is 4.70. The van der Waals surface area contributed by atoms with Crippen LogP contribution in [0.2, 0.25) is 0 Å². The molecule has 0 saturated heterocycles. The van der Waals surface area contributed by atoms with Crippen molar-refractivity contribution in [3.8, 4) is 5.75 Å². The summed E-state index contributed by atoms with van der Waals surface area (Å²) in [6, 6.07) is 12.1. The lowest BCUT2D eigenvalue weighted by Gasteiger charge is -2.24. The maximum Gasteiger partial charge on any atom is 0.123 e.